The number of nitrogens with zero attached hydrogens (tertiary/aromatic N) is 2. The zero-order valence-electron chi connectivity index (χ0n) is 9.67. The molecule has 1 aliphatic rings. The minimum atomic E-state index is -0.974. The van der Waals surface area contributed by atoms with E-state index in [1.807, 2.05) is 0 Å². The van der Waals surface area contributed by atoms with Crippen LogP contribution in [0.3, 0.4) is 0 Å². The van der Waals surface area contributed by atoms with Gasteiger partial charge in [0.15, 0.2) is 6.29 Å². The Morgan fingerprint density at radius 2 is 2.22 bits per heavy atom. The maximum Gasteiger partial charge on any atom is 0.337 e. The van der Waals surface area contributed by atoms with E-state index in [4.69, 9.17) is 5.11 Å². The Kier molecular flexibility index (Phi) is 2.40. The molecule has 5 heteroatoms. The topological polar surface area (TPSA) is 71.7 Å². The van der Waals surface area contributed by atoms with Crippen LogP contribution in [0.25, 0.3) is 5.52 Å². The van der Waals surface area contributed by atoms with Crippen molar-refractivity contribution in [2.75, 3.05) is 0 Å². The molecule has 92 valence electrons. The SMILES string of the molecule is O=Cc1nc(C2CCC2)n2cc(C(=O)O)ccc12. The summed E-state index contributed by atoms with van der Waals surface area (Å²) >= 11 is 0. The number of fused-ring (bicyclic) bond motifs is 1. The number of aromatic nitrogens is 2. The van der Waals surface area contributed by atoms with Gasteiger partial charge in [-0.2, -0.15) is 0 Å². The number of carbonyl (C=O) groups excluding carboxylic acids is 1. The fourth-order valence-electron chi connectivity index (χ4n) is 2.30. The largest absolute Gasteiger partial charge is 0.478 e. The number of carbonyl (C=O) groups is 2. The fourth-order valence-corrected chi connectivity index (χ4v) is 2.30. The smallest absolute Gasteiger partial charge is 0.337 e. The number of rotatable bonds is 3. The molecule has 18 heavy (non-hydrogen) atoms. The molecule has 0 radical (unpaired) electrons. The predicted molar refractivity (Wildman–Crippen MR) is 64.1 cm³/mol. The Balaban J connectivity index is 2.23. The van der Waals surface area contributed by atoms with Crippen molar-refractivity contribution in [3.05, 3.63) is 35.4 Å². The molecule has 2 aromatic rings. The quantitative estimate of drug-likeness (QED) is 0.839. The molecule has 1 fully saturated rings. The minimum absolute atomic E-state index is 0.206. The second-order valence-electron chi connectivity index (χ2n) is 4.58. The van der Waals surface area contributed by atoms with Crippen molar-refractivity contribution in [1.82, 2.24) is 9.38 Å². The van der Waals surface area contributed by atoms with Gasteiger partial charge in [-0.3, -0.25) is 4.79 Å². The normalized spacial score (nSPS) is 15.6. The predicted octanol–water partition coefficient (Wildman–Crippen LogP) is 2.11. The summed E-state index contributed by atoms with van der Waals surface area (Å²) in [5, 5.41) is 9.01. The standard InChI is InChI=1S/C13H12N2O3/c16-7-10-11-5-4-9(13(17)18)6-15(11)12(14-10)8-2-1-3-8/h4-8H,1-3H2,(H,17,18). The van der Waals surface area contributed by atoms with Gasteiger partial charge in [-0.25, -0.2) is 9.78 Å². The lowest BCUT2D eigenvalue weighted by Crippen LogP contribution is -2.13. The van der Waals surface area contributed by atoms with E-state index >= 15 is 0 Å². The van der Waals surface area contributed by atoms with E-state index in [0.717, 1.165) is 31.4 Å². The molecule has 0 spiro atoms. The molecule has 0 atom stereocenters. The molecular formula is C13H12N2O3. The van der Waals surface area contributed by atoms with Gasteiger partial charge in [-0.05, 0) is 25.0 Å². The van der Waals surface area contributed by atoms with Crippen molar-refractivity contribution < 1.29 is 14.7 Å². The summed E-state index contributed by atoms with van der Waals surface area (Å²) in [6.45, 7) is 0. The number of carboxylic acids is 1. The molecule has 0 amide bonds. The van der Waals surface area contributed by atoms with Gasteiger partial charge in [0.05, 0.1) is 11.1 Å². The Labute approximate surface area is 103 Å². The van der Waals surface area contributed by atoms with E-state index in [9.17, 15) is 9.59 Å². The van der Waals surface area contributed by atoms with Gasteiger partial charge in [0.25, 0.3) is 0 Å². The van der Waals surface area contributed by atoms with Crippen molar-refractivity contribution in [2.45, 2.75) is 25.2 Å². The molecule has 0 unspecified atom stereocenters. The molecule has 2 aromatic heterocycles. The second kappa shape index (κ2) is 3.94. The summed E-state index contributed by atoms with van der Waals surface area (Å²) < 4.78 is 1.75. The van der Waals surface area contributed by atoms with Gasteiger partial charge in [-0.1, -0.05) is 6.42 Å². The minimum Gasteiger partial charge on any atom is -0.478 e. The molecule has 0 bridgehead atoms. The monoisotopic (exact) mass is 244 g/mol. The number of carboxylic acid groups (broad SMARTS) is 1. The first kappa shape index (κ1) is 11.0. The summed E-state index contributed by atoms with van der Waals surface area (Å²) in [6, 6.07) is 3.14. The molecule has 1 aliphatic carbocycles. The third-order valence-electron chi connectivity index (χ3n) is 3.52. The molecule has 3 rings (SSSR count). The number of pyridine rings is 1. The average molecular weight is 244 g/mol. The number of aldehydes is 1. The Hall–Kier alpha value is -2.17. The first-order valence-electron chi connectivity index (χ1n) is 5.91. The fraction of sp³-hybridized carbons (Fsp3) is 0.308. The lowest BCUT2D eigenvalue weighted by molar-refractivity contribution is 0.0696. The third-order valence-corrected chi connectivity index (χ3v) is 3.52. The van der Waals surface area contributed by atoms with Crippen LogP contribution in [0, 0.1) is 0 Å². The van der Waals surface area contributed by atoms with Crippen LogP contribution in [-0.2, 0) is 0 Å². The van der Waals surface area contributed by atoms with E-state index in [0.29, 0.717) is 17.1 Å². The number of hydrogen-bond acceptors (Lipinski definition) is 3. The van der Waals surface area contributed by atoms with Crippen molar-refractivity contribution in [2.24, 2.45) is 0 Å². The van der Waals surface area contributed by atoms with Crippen LogP contribution in [0.4, 0.5) is 0 Å². The Morgan fingerprint density at radius 3 is 2.78 bits per heavy atom. The first-order chi connectivity index (χ1) is 8.70. The van der Waals surface area contributed by atoms with Gasteiger partial charge in [0.2, 0.25) is 0 Å². The highest BCUT2D eigenvalue weighted by atomic mass is 16.4. The molecule has 0 aromatic carbocycles. The van der Waals surface area contributed by atoms with Crippen LogP contribution in [0.1, 0.15) is 51.9 Å². The molecule has 1 N–H and O–H groups in total. The highest BCUT2D eigenvalue weighted by Crippen LogP contribution is 2.36. The Morgan fingerprint density at radius 1 is 1.44 bits per heavy atom. The van der Waals surface area contributed by atoms with Crippen molar-refractivity contribution >= 4 is 17.8 Å². The van der Waals surface area contributed by atoms with E-state index in [-0.39, 0.29) is 5.56 Å². The number of hydrogen-bond donors (Lipinski definition) is 1. The summed E-state index contributed by atoms with van der Waals surface area (Å²) in [4.78, 5) is 26.3. The van der Waals surface area contributed by atoms with Gasteiger partial charge in [0, 0.05) is 12.1 Å². The average Bonchev–Trinajstić information content (AvgIpc) is 2.65. The van der Waals surface area contributed by atoms with Crippen LogP contribution < -0.4 is 0 Å². The molecular weight excluding hydrogens is 232 g/mol. The summed E-state index contributed by atoms with van der Waals surface area (Å²) in [7, 11) is 0. The zero-order valence-corrected chi connectivity index (χ0v) is 9.67. The van der Waals surface area contributed by atoms with Crippen LogP contribution in [0.2, 0.25) is 0 Å². The van der Waals surface area contributed by atoms with Crippen LogP contribution in [-0.4, -0.2) is 26.7 Å². The van der Waals surface area contributed by atoms with E-state index < -0.39 is 5.97 Å². The molecule has 1 saturated carbocycles. The summed E-state index contributed by atoms with van der Waals surface area (Å²) in [5.74, 6) is 0.175. The van der Waals surface area contributed by atoms with Crippen LogP contribution in [0.5, 0.6) is 0 Å². The summed E-state index contributed by atoms with van der Waals surface area (Å²) in [6.07, 6.45) is 5.53. The lowest BCUT2D eigenvalue weighted by Gasteiger charge is -2.24. The maximum absolute atomic E-state index is 11.0. The highest BCUT2D eigenvalue weighted by Gasteiger charge is 2.25. The van der Waals surface area contributed by atoms with Gasteiger partial charge in [0.1, 0.15) is 11.5 Å². The first-order valence-corrected chi connectivity index (χ1v) is 5.91. The maximum atomic E-state index is 11.0. The Bertz CT molecular complexity index is 641. The number of imidazole rings is 1. The summed E-state index contributed by atoms with van der Waals surface area (Å²) in [5.41, 5.74) is 1.27. The number of aromatic carboxylic acids is 1. The molecule has 5 nitrogen and oxygen atoms in total. The van der Waals surface area contributed by atoms with E-state index in [2.05, 4.69) is 4.98 Å². The van der Waals surface area contributed by atoms with Crippen LogP contribution >= 0.6 is 0 Å². The second-order valence-corrected chi connectivity index (χ2v) is 4.58. The molecule has 0 aliphatic heterocycles. The van der Waals surface area contributed by atoms with Crippen molar-refractivity contribution in [1.29, 1.82) is 0 Å². The molecule has 0 saturated heterocycles. The van der Waals surface area contributed by atoms with E-state index in [1.54, 1.807) is 16.7 Å². The van der Waals surface area contributed by atoms with Crippen molar-refractivity contribution in [3.63, 3.8) is 0 Å². The lowest BCUT2D eigenvalue weighted by atomic mass is 9.85. The van der Waals surface area contributed by atoms with Crippen molar-refractivity contribution in [3.8, 4) is 0 Å². The van der Waals surface area contributed by atoms with E-state index in [1.165, 1.54) is 6.07 Å². The molecule has 2 heterocycles. The van der Waals surface area contributed by atoms with Gasteiger partial charge in [-0.15, -0.1) is 0 Å². The van der Waals surface area contributed by atoms with Gasteiger partial charge < -0.3 is 9.51 Å². The van der Waals surface area contributed by atoms with Gasteiger partial charge >= 0.3 is 5.97 Å². The third kappa shape index (κ3) is 1.51. The highest BCUT2D eigenvalue weighted by molar-refractivity contribution is 5.89. The van der Waals surface area contributed by atoms with Crippen LogP contribution in [0.15, 0.2) is 18.3 Å². The zero-order chi connectivity index (χ0) is 12.7.